The van der Waals surface area contributed by atoms with Crippen molar-refractivity contribution in [1.82, 2.24) is 10.3 Å². The highest BCUT2D eigenvalue weighted by atomic mass is 19.4. The number of amides is 1. The van der Waals surface area contributed by atoms with Crippen LogP contribution in [0.25, 0.3) is 10.9 Å². The maximum absolute atomic E-state index is 12.7. The van der Waals surface area contributed by atoms with E-state index in [9.17, 15) is 18.0 Å². The molecule has 0 saturated heterocycles. The summed E-state index contributed by atoms with van der Waals surface area (Å²) >= 11 is 0. The second kappa shape index (κ2) is 6.07. The molecule has 3 nitrogen and oxygen atoms in total. The van der Waals surface area contributed by atoms with Gasteiger partial charge in [0.2, 0.25) is 0 Å². The minimum Gasteiger partial charge on any atom is -0.351 e. The van der Waals surface area contributed by atoms with E-state index in [0.717, 1.165) is 17.1 Å². The summed E-state index contributed by atoms with van der Waals surface area (Å²) in [5, 5.41) is 3.23. The minimum absolute atomic E-state index is 0.222. The maximum atomic E-state index is 12.7. The smallest absolute Gasteiger partial charge is 0.351 e. The van der Waals surface area contributed by atoms with Gasteiger partial charge >= 0.3 is 6.18 Å². The molecule has 2 aromatic carbocycles. The quantitative estimate of drug-likeness (QED) is 0.712. The molecule has 0 unspecified atom stereocenters. The fourth-order valence-electron chi connectivity index (χ4n) is 2.43. The highest BCUT2D eigenvalue weighted by Crippen LogP contribution is 2.31. The lowest BCUT2D eigenvalue weighted by molar-refractivity contribution is -0.140. The first-order valence-electron chi connectivity index (χ1n) is 7.36. The average Bonchev–Trinajstić information content (AvgIpc) is 2.97. The maximum Gasteiger partial charge on any atom is 0.431 e. The van der Waals surface area contributed by atoms with E-state index >= 15 is 0 Å². The van der Waals surface area contributed by atoms with Crippen LogP contribution in [0.2, 0.25) is 0 Å². The zero-order valence-electron chi connectivity index (χ0n) is 12.9. The van der Waals surface area contributed by atoms with Crippen LogP contribution >= 0.6 is 0 Å². The molecule has 1 heterocycles. The van der Waals surface area contributed by atoms with Crippen LogP contribution in [0, 0.1) is 0 Å². The molecule has 24 heavy (non-hydrogen) atoms. The number of fused-ring (bicyclic) bond motifs is 1. The molecular weight excluding hydrogens is 316 g/mol. The van der Waals surface area contributed by atoms with E-state index in [1.807, 2.05) is 20.0 Å². The summed E-state index contributed by atoms with van der Waals surface area (Å²) in [7, 11) is 1.93. The largest absolute Gasteiger partial charge is 0.431 e. The summed E-state index contributed by atoms with van der Waals surface area (Å²) in [6.45, 7) is 0.245. The zero-order valence-corrected chi connectivity index (χ0v) is 12.9. The normalized spacial score (nSPS) is 11.6. The van der Waals surface area contributed by atoms with Gasteiger partial charge in [0.1, 0.15) is 13.5 Å². The second-order valence-corrected chi connectivity index (χ2v) is 5.65. The van der Waals surface area contributed by atoms with Gasteiger partial charge in [0.05, 0.1) is 0 Å². The highest BCUT2D eigenvalue weighted by Gasteiger charge is 2.32. The van der Waals surface area contributed by atoms with Crippen LogP contribution < -0.4 is 10.8 Å². The molecule has 0 fully saturated rings. The predicted octanol–water partition coefficient (Wildman–Crippen LogP) is 2.38. The van der Waals surface area contributed by atoms with Crippen molar-refractivity contribution >= 4 is 30.1 Å². The Morgan fingerprint density at radius 2 is 1.79 bits per heavy atom. The molecule has 3 aromatic rings. The standard InChI is InChI=1S/C17H14BF3N2O/c18-13-4-2-11(3-5-13)16(24)22-9-10-1-6-14-12(7-10)8-15(23-14)17(19,20)21/h1-8,23H,9,18H2,(H,22,24). The molecule has 1 amide bonds. The number of alkyl halides is 3. The molecule has 2 N–H and O–H groups in total. The Balaban J connectivity index is 1.73. The van der Waals surface area contributed by atoms with Crippen molar-refractivity contribution in [2.75, 3.05) is 0 Å². The van der Waals surface area contributed by atoms with Gasteiger partial charge in [0, 0.05) is 23.0 Å². The summed E-state index contributed by atoms with van der Waals surface area (Å²) in [6, 6.07) is 13.1. The Morgan fingerprint density at radius 1 is 1.08 bits per heavy atom. The van der Waals surface area contributed by atoms with E-state index in [1.165, 1.54) is 0 Å². The van der Waals surface area contributed by atoms with Crippen LogP contribution in [0.3, 0.4) is 0 Å². The third kappa shape index (κ3) is 3.45. The number of halogens is 3. The number of nitrogens with one attached hydrogen (secondary N) is 2. The summed E-state index contributed by atoms with van der Waals surface area (Å²) in [4.78, 5) is 14.4. The molecule has 0 saturated carbocycles. The monoisotopic (exact) mass is 330 g/mol. The fraction of sp³-hybridized carbons (Fsp3) is 0.118. The Hall–Kier alpha value is -2.70. The Morgan fingerprint density at radius 3 is 2.46 bits per heavy atom. The second-order valence-electron chi connectivity index (χ2n) is 5.65. The minimum atomic E-state index is -4.40. The number of hydrogen-bond donors (Lipinski definition) is 2. The van der Waals surface area contributed by atoms with Crippen molar-refractivity contribution in [1.29, 1.82) is 0 Å². The summed E-state index contributed by atoms with van der Waals surface area (Å²) in [6.07, 6.45) is -4.40. The molecule has 0 bridgehead atoms. The van der Waals surface area contributed by atoms with Gasteiger partial charge in [0.15, 0.2) is 0 Å². The first-order chi connectivity index (χ1) is 11.3. The van der Waals surface area contributed by atoms with Crippen molar-refractivity contribution in [2.24, 2.45) is 0 Å². The molecule has 122 valence electrons. The molecule has 3 rings (SSSR count). The van der Waals surface area contributed by atoms with Crippen LogP contribution in [0.1, 0.15) is 21.6 Å². The molecule has 0 aliphatic rings. The van der Waals surface area contributed by atoms with Crippen LogP contribution in [0.4, 0.5) is 13.2 Å². The van der Waals surface area contributed by atoms with Gasteiger partial charge in [-0.15, -0.1) is 0 Å². The van der Waals surface area contributed by atoms with E-state index in [1.54, 1.807) is 30.3 Å². The van der Waals surface area contributed by atoms with Crippen molar-refractivity contribution in [3.8, 4) is 0 Å². The molecule has 0 aliphatic heterocycles. The van der Waals surface area contributed by atoms with E-state index in [2.05, 4.69) is 10.3 Å². The van der Waals surface area contributed by atoms with Gasteiger partial charge in [-0.25, -0.2) is 0 Å². The number of H-pyrrole nitrogens is 1. The molecule has 1 aromatic heterocycles. The van der Waals surface area contributed by atoms with Gasteiger partial charge in [-0.2, -0.15) is 13.2 Å². The van der Waals surface area contributed by atoms with E-state index < -0.39 is 11.9 Å². The Labute approximate surface area is 137 Å². The topological polar surface area (TPSA) is 44.9 Å². The van der Waals surface area contributed by atoms with Crippen LogP contribution in [0.15, 0.2) is 48.5 Å². The summed E-state index contributed by atoms with van der Waals surface area (Å²) in [5.41, 5.74) is 1.97. The number of benzene rings is 2. The average molecular weight is 330 g/mol. The van der Waals surface area contributed by atoms with Crippen LogP contribution in [0.5, 0.6) is 0 Å². The van der Waals surface area contributed by atoms with Crippen molar-refractivity contribution in [2.45, 2.75) is 12.7 Å². The third-order valence-corrected chi connectivity index (χ3v) is 3.76. The lowest BCUT2D eigenvalue weighted by Crippen LogP contribution is -2.23. The lowest BCUT2D eigenvalue weighted by atomic mass is 9.95. The fourth-order valence-corrected chi connectivity index (χ4v) is 2.43. The molecule has 0 spiro atoms. The number of rotatable bonds is 3. The highest BCUT2D eigenvalue weighted by molar-refractivity contribution is 6.32. The first kappa shape index (κ1) is 16.2. The molecule has 7 heteroatoms. The van der Waals surface area contributed by atoms with E-state index in [-0.39, 0.29) is 12.5 Å². The molecule has 0 atom stereocenters. The van der Waals surface area contributed by atoms with Crippen molar-refractivity contribution in [3.63, 3.8) is 0 Å². The number of hydrogen-bond acceptors (Lipinski definition) is 1. The van der Waals surface area contributed by atoms with Gasteiger partial charge in [-0.05, 0) is 23.8 Å². The van der Waals surface area contributed by atoms with E-state index in [4.69, 9.17) is 0 Å². The van der Waals surface area contributed by atoms with Gasteiger partial charge in [-0.3, -0.25) is 4.79 Å². The van der Waals surface area contributed by atoms with E-state index in [0.29, 0.717) is 16.5 Å². The van der Waals surface area contributed by atoms with Crippen molar-refractivity contribution in [3.05, 3.63) is 65.4 Å². The Bertz CT molecular complexity index is 885. The summed E-state index contributed by atoms with van der Waals surface area (Å²) < 4.78 is 38.1. The summed E-state index contributed by atoms with van der Waals surface area (Å²) in [5.74, 6) is -0.222. The molecule has 0 radical (unpaired) electrons. The lowest BCUT2D eigenvalue weighted by Gasteiger charge is -2.06. The Kier molecular flexibility index (Phi) is 4.09. The molecular formula is C17H14BF3N2O. The SMILES string of the molecule is Bc1ccc(C(=O)NCc2ccc3[nH]c(C(F)(F)F)cc3c2)cc1. The van der Waals surface area contributed by atoms with Crippen molar-refractivity contribution < 1.29 is 18.0 Å². The van der Waals surface area contributed by atoms with Crippen LogP contribution in [-0.2, 0) is 12.7 Å². The van der Waals surface area contributed by atoms with Crippen LogP contribution in [-0.4, -0.2) is 18.7 Å². The van der Waals surface area contributed by atoms with Gasteiger partial charge in [-0.1, -0.05) is 35.8 Å². The predicted molar refractivity (Wildman–Crippen MR) is 89.1 cm³/mol. The number of carbonyl (C=O) groups is 1. The molecule has 0 aliphatic carbocycles. The zero-order chi connectivity index (χ0) is 17.3. The number of aromatic amines is 1. The number of aromatic nitrogens is 1. The number of carbonyl (C=O) groups excluding carboxylic acids is 1. The third-order valence-electron chi connectivity index (χ3n) is 3.76. The first-order valence-corrected chi connectivity index (χ1v) is 7.36. The van der Waals surface area contributed by atoms with Gasteiger partial charge in [0.25, 0.3) is 5.91 Å². The van der Waals surface area contributed by atoms with Gasteiger partial charge < -0.3 is 10.3 Å².